The molecule has 0 atom stereocenters. The van der Waals surface area contributed by atoms with Crippen molar-refractivity contribution in [3.8, 4) is 0 Å². The van der Waals surface area contributed by atoms with Crippen LogP contribution in [0.2, 0.25) is 5.02 Å². The quantitative estimate of drug-likeness (QED) is 0.668. The second-order valence-electron chi connectivity index (χ2n) is 5.42. The number of thioether (sulfide) groups is 1. The summed E-state index contributed by atoms with van der Waals surface area (Å²) >= 11 is 7.30. The van der Waals surface area contributed by atoms with Gasteiger partial charge in [0.25, 0.3) is 5.22 Å². The zero-order valence-electron chi connectivity index (χ0n) is 13.2. The molecule has 0 aliphatic heterocycles. The van der Waals surface area contributed by atoms with Gasteiger partial charge in [-0.1, -0.05) is 53.7 Å². The molecule has 3 aromatic rings. The van der Waals surface area contributed by atoms with Gasteiger partial charge in [-0.3, -0.25) is 4.79 Å². The van der Waals surface area contributed by atoms with Crippen molar-refractivity contribution in [1.29, 1.82) is 0 Å². The van der Waals surface area contributed by atoms with Crippen LogP contribution in [0, 0.1) is 6.92 Å². The average molecular weight is 361 g/mol. The third kappa shape index (κ3) is 4.30. The van der Waals surface area contributed by atoms with Crippen LogP contribution in [-0.4, -0.2) is 23.2 Å². The largest absolute Gasteiger partial charge is 0.431 e. The number of nitrogens with zero attached hydrogens (tertiary/aromatic N) is 1. The lowest BCUT2D eigenvalue weighted by atomic mass is 10.1. The topological polar surface area (TPSA) is 55.1 Å². The lowest BCUT2D eigenvalue weighted by molar-refractivity contribution is -0.118. The molecular weight excluding hydrogens is 344 g/mol. The van der Waals surface area contributed by atoms with Crippen LogP contribution in [0.15, 0.2) is 52.1 Å². The first-order valence-corrected chi connectivity index (χ1v) is 8.98. The summed E-state index contributed by atoms with van der Waals surface area (Å²) in [5.41, 5.74) is 3.57. The molecule has 0 aliphatic rings. The Labute approximate surface area is 149 Å². The minimum atomic E-state index is -0.0343. The van der Waals surface area contributed by atoms with E-state index in [2.05, 4.69) is 10.3 Å². The number of hydrogen-bond acceptors (Lipinski definition) is 4. The number of halogens is 1. The van der Waals surface area contributed by atoms with E-state index in [0.717, 1.165) is 12.0 Å². The van der Waals surface area contributed by atoms with Crippen molar-refractivity contribution in [2.75, 3.05) is 12.3 Å². The first kappa shape index (κ1) is 16.9. The van der Waals surface area contributed by atoms with E-state index in [9.17, 15) is 4.79 Å². The molecular formula is C18H17ClN2O2S. The number of oxazole rings is 1. The van der Waals surface area contributed by atoms with E-state index < -0.39 is 0 Å². The second-order valence-corrected chi connectivity index (χ2v) is 6.79. The van der Waals surface area contributed by atoms with E-state index in [0.29, 0.717) is 27.9 Å². The molecule has 0 fully saturated rings. The number of rotatable bonds is 6. The van der Waals surface area contributed by atoms with Gasteiger partial charge in [-0.05, 0) is 36.6 Å². The predicted octanol–water partition coefficient (Wildman–Crippen LogP) is 4.24. The predicted molar refractivity (Wildman–Crippen MR) is 97.6 cm³/mol. The monoisotopic (exact) mass is 360 g/mol. The van der Waals surface area contributed by atoms with E-state index in [1.165, 1.54) is 17.3 Å². The Hall–Kier alpha value is -1.98. The van der Waals surface area contributed by atoms with Crippen LogP contribution < -0.4 is 5.32 Å². The van der Waals surface area contributed by atoms with Gasteiger partial charge in [0.2, 0.25) is 5.91 Å². The Bertz CT molecular complexity index is 849. The van der Waals surface area contributed by atoms with Gasteiger partial charge in [-0.25, -0.2) is 4.98 Å². The van der Waals surface area contributed by atoms with E-state index in [1.807, 2.05) is 43.3 Å². The molecule has 2 aromatic carbocycles. The fourth-order valence-electron chi connectivity index (χ4n) is 2.37. The van der Waals surface area contributed by atoms with E-state index in [-0.39, 0.29) is 11.7 Å². The number of benzene rings is 2. The van der Waals surface area contributed by atoms with Crippen LogP contribution >= 0.6 is 23.4 Å². The molecule has 1 aromatic heterocycles. The lowest BCUT2D eigenvalue weighted by Gasteiger charge is -2.04. The summed E-state index contributed by atoms with van der Waals surface area (Å²) in [6, 6.07) is 13.7. The SMILES string of the molecule is Cc1cc(Cl)cc2nc(SCC(=O)NCCc3ccccc3)oc12. The van der Waals surface area contributed by atoms with Gasteiger partial charge in [-0.15, -0.1) is 0 Å². The first-order chi connectivity index (χ1) is 11.6. The van der Waals surface area contributed by atoms with Gasteiger partial charge in [-0.2, -0.15) is 0 Å². The molecule has 0 saturated carbocycles. The molecule has 0 radical (unpaired) electrons. The summed E-state index contributed by atoms with van der Waals surface area (Å²) in [7, 11) is 0. The van der Waals surface area contributed by atoms with E-state index >= 15 is 0 Å². The van der Waals surface area contributed by atoms with Crippen molar-refractivity contribution in [2.24, 2.45) is 0 Å². The minimum Gasteiger partial charge on any atom is -0.431 e. The molecule has 0 aliphatic carbocycles. The molecule has 3 rings (SSSR count). The summed E-state index contributed by atoms with van der Waals surface area (Å²) < 4.78 is 5.69. The van der Waals surface area contributed by atoms with Gasteiger partial charge in [0.05, 0.1) is 5.75 Å². The van der Waals surface area contributed by atoms with E-state index in [4.69, 9.17) is 16.0 Å². The molecule has 1 amide bonds. The number of aromatic nitrogens is 1. The molecule has 1 N–H and O–H groups in total. The normalized spacial score (nSPS) is 10.9. The second kappa shape index (κ2) is 7.73. The fourth-order valence-corrected chi connectivity index (χ4v) is 3.30. The summed E-state index contributed by atoms with van der Waals surface area (Å²) in [4.78, 5) is 16.3. The summed E-state index contributed by atoms with van der Waals surface area (Å²) in [5, 5.41) is 4.01. The van der Waals surface area contributed by atoms with Gasteiger partial charge < -0.3 is 9.73 Å². The Morgan fingerprint density at radius 2 is 2.08 bits per heavy atom. The van der Waals surface area contributed by atoms with Crippen LogP contribution in [0.1, 0.15) is 11.1 Å². The van der Waals surface area contributed by atoms with Crippen molar-refractivity contribution in [3.63, 3.8) is 0 Å². The van der Waals surface area contributed by atoms with Crippen LogP contribution in [0.25, 0.3) is 11.1 Å². The maximum absolute atomic E-state index is 11.9. The van der Waals surface area contributed by atoms with Crippen LogP contribution in [0.5, 0.6) is 0 Å². The van der Waals surface area contributed by atoms with E-state index in [1.54, 1.807) is 6.07 Å². The number of nitrogens with one attached hydrogen (secondary N) is 1. The number of hydrogen-bond donors (Lipinski definition) is 1. The average Bonchev–Trinajstić information content (AvgIpc) is 2.97. The Balaban J connectivity index is 1.50. The van der Waals surface area contributed by atoms with Crippen molar-refractivity contribution < 1.29 is 9.21 Å². The van der Waals surface area contributed by atoms with Crippen LogP contribution in [0.3, 0.4) is 0 Å². The van der Waals surface area contributed by atoms with Crippen molar-refractivity contribution in [1.82, 2.24) is 10.3 Å². The molecule has 0 unspecified atom stereocenters. The van der Waals surface area contributed by atoms with Crippen LogP contribution in [0.4, 0.5) is 0 Å². The van der Waals surface area contributed by atoms with Gasteiger partial charge >= 0.3 is 0 Å². The van der Waals surface area contributed by atoms with Gasteiger partial charge in [0.1, 0.15) is 5.52 Å². The summed E-state index contributed by atoms with van der Waals surface area (Å²) in [5.74, 6) is 0.238. The molecule has 24 heavy (non-hydrogen) atoms. The Morgan fingerprint density at radius 1 is 1.29 bits per heavy atom. The third-order valence-electron chi connectivity index (χ3n) is 3.53. The molecule has 0 saturated heterocycles. The highest BCUT2D eigenvalue weighted by Crippen LogP contribution is 2.28. The molecule has 4 nitrogen and oxygen atoms in total. The first-order valence-electron chi connectivity index (χ1n) is 7.62. The van der Waals surface area contributed by atoms with Gasteiger partial charge in [0, 0.05) is 11.6 Å². The Kier molecular flexibility index (Phi) is 5.43. The molecule has 1 heterocycles. The number of fused-ring (bicyclic) bond motifs is 1. The summed E-state index contributed by atoms with van der Waals surface area (Å²) in [6.07, 6.45) is 0.817. The number of carbonyl (C=O) groups is 1. The van der Waals surface area contributed by atoms with Crippen LogP contribution in [-0.2, 0) is 11.2 Å². The zero-order valence-corrected chi connectivity index (χ0v) is 14.8. The Morgan fingerprint density at radius 3 is 2.88 bits per heavy atom. The maximum atomic E-state index is 11.9. The number of aryl methyl sites for hydroxylation is 1. The molecule has 0 spiro atoms. The maximum Gasteiger partial charge on any atom is 0.257 e. The molecule has 124 valence electrons. The zero-order chi connectivity index (χ0) is 16.9. The fraction of sp³-hybridized carbons (Fsp3) is 0.222. The van der Waals surface area contributed by atoms with Crippen molar-refractivity contribution >= 4 is 40.4 Å². The number of amides is 1. The molecule has 0 bridgehead atoms. The van der Waals surface area contributed by atoms with Crippen molar-refractivity contribution in [2.45, 2.75) is 18.6 Å². The highest BCUT2D eigenvalue weighted by Gasteiger charge is 2.11. The van der Waals surface area contributed by atoms with Crippen molar-refractivity contribution in [3.05, 3.63) is 58.6 Å². The smallest absolute Gasteiger partial charge is 0.257 e. The standard InChI is InChI=1S/C18H17ClN2O2S/c1-12-9-14(19)10-15-17(12)23-18(21-15)24-11-16(22)20-8-7-13-5-3-2-4-6-13/h2-6,9-10H,7-8,11H2,1H3,(H,20,22). The number of carbonyl (C=O) groups excluding carboxylic acids is 1. The highest BCUT2D eigenvalue weighted by molar-refractivity contribution is 7.99. The third-order valence-corrected chi connectivity index (χ3v) is 4.57. The summed E-state index contributed by atoms with van der Waals surface area (Å²) in [6.45, 7) is 2.54. The minimum absolute atomic E-state index is 0.0343. The highest BCUT2D eigenvalue weighted by atomic mass is 35.5. The van der Waals surface area contributed by atoms with Gasteiger partial charge in [0.15, 0.2) is 5.58 Å². The molecule has 6 heteroatoms. The lowest BCUT2D eigenvalue weighted by Crippen LogP contribution is -2.27.